The van der Waals surface area contributed by atoms with Crippen LogP contribution in [0.15, 0.2) is 18.2 Å². The summed E-state index contributed by atoms with van der Waals surface area (Å²) >= 11 is 0. The SMILES string of the molecule is CCOc1cccc(NCC2CC(O)C2)c1N. The third-order valence-corrected chi connectivity index (χ3v) is 3.16. The molecule has 2 rings (SSSR count). The Bertz CT molecular complexity index is 376. The van der Waals surface area contributed by atoms with Crippen LogP contribution in [0.1, 0.15) is 19.8 Å². The van der Waals surface area contributed by atoms with E-state index in [2.05, 4.69) is 5.32 Å². The van der Waals surface area contributed by atoms with E-state index in [9.17, 15) is 5.11 Å². The summed E-state index contributed by atoms with van der Waals surface area (Å²) in [5, 5.41) is 12.5. The fourth-order valence-corrected chi connectivity index (χ4v) is 2.10. The number of rotatable bonds is 5. The van der Waals surface area contributed by atoms with Crippen LogP contribution in [0.2, 0.25) is 0 Å². The number of nitrogen functional groups attached to an aromatic ring is 1. The van der Waals surface area contributed by atoms with Crippen LogP contribution < -0.4 is 15.8 Å². The van der Waals surface area contributed by atoms with E-state index in [1.807, 2.05) is 25.1 Å². The Balaban J connectivity index is 1.93. The van der Waals surface area contributed by atoms with Crippen molar-refractivity contribution in [3.05, 3.63) is 18.2 Å². The molecule has 4 heteroatoms. The lowest BCUT2D eigenvalue weighted by Crippen LogP contribution is -2.33. The van der Waals surface area contributed by atoms with E-state index in [0.717, 1.165) is 30.8 Å². The number of nitrogens with one attached hydrogen (secondary N) is 1. The molecule has 0 aromatic heterocycles. The van der Waals surface area contributed by atoms with Crippen molar-refractivity contribution < 1.29 is 9.84 Å². The van der Waals surface area contributed by atoms with Crippen molar-refractivity contribution in [3.8, 4) is 5.75 Å². The molecule has 1 fully saturated rings. The quantitative estimate of drug-likeness (QED) is 0.682. The lowest BCUT2D eigenvalue weighted by molar-refractivity contribution is 0.0487. The normalized spacial score (nSPS) is 22.9. The predicted molar refractivity (Wildman–Crippen MR) is 69.2 cm³/mol. The van der Waals surface area contributed by atoms with Gasteiger partial charge in [-0.1, -0.05) is 6.07 Å². The highest BCUT2D eigenvalue weighted by atomic mass is 16.5. The fraction of sp³-hybridized carbons (Fsp3) is 0.538. The summed E-state index contributed by atoms with van der Waals surface area (Å²) in [6.07, 6.45) is 1.67. The van der Waals surface area contributed by atoms with Crippen LogP contribution in [0.4, 0.5) is 11.4 Å². The van der Waals surface area contributed by atoms with Gasteiger partial charge >= 0.3 is 0 Å². The number of nitrogens with two attached hydrogens (primary N) is 1. The van der Waals surface area contributed by atoms with Crippen molar-refractivity contribution in [1.29, 1.82) is 0 Å². The summed E-state index contributed by atoms with van der Waals surface area (Å²) in [6.45, 7) is 3.41. The van der Waals surface area contributed by atoms with Crippen molar-refractivity contribution in [2.24, 2.45) is 5.92 Å². The van der Waals surface area contributed by atoms with E-state index >= 15 is 0 Å². The Hall–Kier alpha value is -1.42. The summed E-state index contributed by atoms with van der Waals surface area (Å²) in [4.78, 5) is 0. The minimum atomic E-state index is -0.103. The van der Waals surface area contributed by atoms with Gasteiger partial charge in [0.25, 0.3) is 0 Å². The van der Waals surface area contributed by atoms with Crippen molar-refractivity contribution >= 4 is 11.4 Å². The van der Waals surface area contributed by atoms with Gasteiger partial charge in [-0.2, -0.15) is 0 Å². The van der Waals surface area contributed by atoms with Gasteiger partial charge < -0.3 is 20.9 Å². The average molecular weight is 236 g/mol. The van der Waals surface area contributed by atoms with E-state index in [-0.39, 0.29) is 6.10 Å². The first-order valence-electron chi connectivity index (χ1n) is 6.14. The molecule has 0 unspecified atom stereocenters. The second kappa shape index (κ2) is 5.27. The van der Waals surface area contributed by atoms with Crippen LogP contribution in [0, 0.1) is 5.92 Å². The number of aliphatic hydroxyl groups excluding tert-OH is 1. The van der Waals surface area contributed by atoms with Gasteiger partial charge in [-0.05, 0) is 37.8 Å². The molecule has 1 aliphatic carbocycles. The van der Waals surface area contributed by atoms with Crippen molar-refractivity contribution in [2.45, 2.75) is 25.9 Å². The van der Waals surface area contributed by atoms with E-state index in [0.29, 0.717) is 18.2 Å². The monoisotopic (exact) mass is 236 g/mol. The largest absolute Gasteiger partial charge is 0.492 e. The molecule has 4 N–H and O–H groups in total. The van der Waals surface area contributed by atoms with Gasteiger partial charge in [0.05, 0.1) is 24.1 Å². The van der Waals surface area contributed by atoms with Crippen LogP contribution >= 0.6 is 0 Å². The van der Waals surface area contributed by atoms with E-state index in [4.69, 9.17) is 10.5 Å². The molecule has 0 spiro atoms. The number of benzene rings is 1. The van der Waals surface area contributed by atoms with Crippen LogP contribution in [0.5, 0.6) is 5.75 Å². The van der Waals surface area contributed by atoms with E-state index < -0.39 is 0 Å². The number of anilines is 2. The average Bonchev–Trinajstić information content (AvgIpc) is 2.27. The smallest absolute Gasteiger partial charge is 0.144 e. The Labute approximate surface area is 102 Å². The lowest BCUT2D eigenvalue weighted by atomic mass is 9.82. The molecule has 0 amide bonds. The zero-order valence-electron chi connectivity index (χ0n) is 10.1. The Morgan fingerprint density at radius 3 is 2.88 bits per heavy atom. The third kappa shape index (κ3) is 2.82. The maximum atomic E-state index is 9.21. The van der Waals surface area contributed by atoms with Crippen LogP contribution in [0.25, 0.3) is 0 Å². The highest BCUT2D eigenvalue weighted by Crippen LogP contribution is 2.31. The molecule has 0 heterocycles. The molecule has 1 aromatic rings. The molecule has 4 nitrogen and oxygen atoms in total. The van der Waals surface area contributed by atoms with E-state index in [1.165, 1.54) is 0 Å². The maximum Gasteiger partial charge on any atom is 0.144 e. The lowest BCUT2D eigenvalue weighted by Gasteiger charge is -2.31. The van der Waals surface area contributed by atoms with Gasteiger partial charge in [0, 0.05) is 6.54 Å². The Kier molecular flexibility index (Phi) is 3.74. The zero-order chi connectivity index (χ0) is 12.3. The second-order valence-electron chi connectivity index (χ2n) is 4.52. The summed E-state index contributed by atoms with van der Waals surface area (Å²) in [5.41, 5.74) is 7.58. The van der Waals surface area contributed by atoms with Crippen molar-refractivity contribution in [2.75, 3.05) is 24.2 Å². The first-order chi connectivity index (χ1) is 8.20. The summed E-state index contributed by atoms with van der Waals surface area (Å²) in [7, 11) is 0. The van der Waals surface area contributed by atoms with E-state index in [1.54, 1.807) is 0 Å². The maximum absolute atomic E-state index is 9.21. The molecule has 1 aromatic carbocycles. The second-order valence-corrected chi connectivity index (χ2v) is 4.52. The minimum Gasteiger partial charge on any atom is -0.492 e. The molecule has 0 bridgehead atoms. The van der Waals surface area contributed by atoms with Gasteiger partial charge in [-0.25, -0.2) is 0 Å². The molecule has 17 heavy (non-hydrogen) atoms. The van der Waals surface area contributed by atoms with Crippen molar-refractivity contribution in [3.63, 3.8) is 0 Å². The van der Waals surface area contributed by atoms with Crippen molar-refractivity contribution in [1.82, 2.24) is 0 Å². The highest BCUT2D eigenvalue weighted by Gasteiger charge is 2.26. The Morgan fingerprint density at radius 1 is 1.47 bits per heavy atom. The standard InChI is InChI=1S/C13H20N2O2/c1-2-17-12-5-3-4-11(13(12)14)15-8-9-6-10(16)7-9/h3-5,9-10,15-16H,2,6-8,14H2,1H3. The first kappa shape index (κ1) is 12.0. The summed E-state index contributed by atoms with van der Waals surface area (Å²) in [6, 6.07) is 5.75. The van der Waals surface area contributed by atoms with Crippen LogP contribution in [0.3, 0.4) is 0 Å². The molecule has 1 aliphatic rings. The molecule has 0 radical (unpaired) electrons. The molecular formula is C13H20N2O2. The first-order valence-corrected chi connectivity index (χ1v) is 6.14. The van der Waals surface area contributed by atoms with Crippen LogP contribution in [-0.4, -0.2) is 24.4 Å². The Morgan fingerprint density at radius 2 is 2.24 bits per heavy atom. The minimum absolute atomic E-state index is 0.103. The number of aliphatic hydroxyl groups is 1. The topological polar surface area (TPSA) is 67.5 Å². The number of ether oxygens (including phenoxy) is 1. The molecule has 0 saturated heterocycles. The number of hydrogen-bond donors (Lipinski definition) is 3. The zero-order valence-corrected chi connectivity index (χ0v) is 10.1. The summed E-state index contributed by atoms with van der Waals surface area (Å²) in [5.74, 6) is 1.28. The van der Waals surface area contributed by atoms with Crippen LogP contribution in [-0.2, 0) is 0 Å². The molecule has 0 aliphatic heterocycles. The third-order valence-electron chi connectivity index (χ3n) is 3.16. The summed E-state index contributed by atoms with van der Waals surface area (Å²) < 4.78 is 5.44. The van der Waals surface area contributed by atoms with Gasteiger partial charge in [0.2, 0.25) is 0 Å². The van der Waals surface area contributed by atoms with Gasteiger partial charge in [-0.15, -0.1) is 0 Å². The molecular weight excluding hydrogens is 216 g/mol. The molecule has 0 atom stereocenters. The number of para-hydroxylation sites is 1. The number of hydrogen-bond acceptors (Lipinski definition) is 4. The predicted octanol–water partition coefficient (Wildman–Crippen LogP) is 1.85. The van der Waals surface area contributed by atoms with Gasteiger partial charge in [-0.3, -0.25) is 0 Å². The van der Waals surface area contributed by atoms with Gasteiger partial charge in [0.1, 0.15) is 5.75 Å². The van der Waals surface area contributed by atoms with Gasteiger partial charge in [0.15, 0.2) is 0 Å². The highest BCUT2D eigenvalue weighted by molar-refractivity contribution is 5.72. The molecule has 1 saturated carbocycles. The fourth-order valence-electron chi connectivity index (χ4n) is 2.10. The molecule has 94 valence electrons.